The summed E-state index contributed by atoms with van der Waals surface area (Å²) < 4.78 is 4.29. The molecule has 0 saturated carbocycles. The van der Waals surface area contributed by atoms with Crippen LogP contribution in [0.3, 0.4) is 0 Å². The van der Waals surface area contributed by atoms with Gasteiger partial charge < -0.3 is 4.90 Å². The quantitative estimate of drug-likeness (QED) is 0.738. The predicted molar refractivity (Wildman–Crippen MR) is 100 cm³/mol. The normalized spacial score (nSPS) is 18.2. The highest BCUT2D eigenvalue weighted by Crippen LogP contribution is 2.24. The van der Waals surface area contributed by atoms with E-state index < -0.39 is 0 Å². The van der Waals surface area contributed by atoms with Crippen LogP contribution < -0.4 is 0 Å². The molecule has 6 heteroatoms. The maximum absolute atomic E-state index is 4.59. The first-order valence-electron chi connectivity index (χ1n) is 9.60. The highest BCUT2D eigenvalue weighted by molar-refractivity contribution is 5.09. The summed E-state index contributed by atoms with van der Waals surface area (Å²) in [4.78, 5) is 5.03. The van der Waals surface area contributed by atoms with E-state index in [9.17, 15) is 0 Å². The van der Waals surface area contributed by atoms with Crippen molar-refractivity contribution in [3.8, 4) is 0 Å². The van der Waals surface area contributed by atoms with Crippen molar-refractivity contribution in [2.45, 2.75) is 59.3 Å². The Morgan fingerprint density at radius 3 is 2.72 bits per heavy atom. The fourth-order valence-electron chi connectivity index (χ4n) is 3.67. The van der Waals surface area contributed by atoms with Gasteiger partial charge in [-0.3, -0.25) is 14.3 Å². The van der Waals surface area contributed by atoms with E-state index >= 15 is 0 Å². The van der Waals surface area contributed by atoms with Crippen molar-refractivity contribution in [2.75, 3.05) is 26.2 Å². The molecule has 0 saturated heterocycles. The van der Waals surface area contributed by atoms with Crippen molar-refractivity contribution in [1.29, 1.82) is 0 Å². The van der Waals surface area contributed by atoms with Crippen LogP contribution >= 0.6 is 0 Å². The van der Waals surface area contributed by atoms with E-state index in [1.807, 2.05) is 17.1 Å². The second-order valence-corrected chi connectivity index (χ2v) is 7.33. The number of hydrogen-bond donors (Lipinski definition) is 0. The van der Waals surface area contributed by atoms with Gasteiger partial charge in [-0.2, -0.15) is 10.2 Å². The van der Waals surface area contributed by atoms with Gasteiger partial charge in [-0.25, -0.2) is 0 Å². The van der Waals surface area contributed by atoms with Gasteiger partial charge in [-0.1, -0.05) is 13.8 Å². The lowest BCUT2D eigenvalue weighted by atomic mass is 10.1. The molecule has 0 radical (unpaired) electrons. The first-order chi connectivity index (χ1) is 12.1. The molecule has 2 aromatic rings. The summed E-state index contributed by atoms with van der Waals surface area (Å²) in [6, 6.07) is 3.03. The van der Waals surface area contributed by atoms with Gasteiger partial charge in [0.25, 0.3) is 0 Å². The molecule has 6 nitrogen and oxygen atoms in total. The molecule has 3 heterocycles. The van der Waals surface area contributed by atoms with E-state index in [-0.39, 0.29) is 0 Å². The molecule has 138 valence electrons. The largest absolute Gasteiger partial charge is 0.304 e. The van der Waals surface area contributed by atoms with Crippen molar-refractivity contribution < 1.29 is 0 Å². The Hall–Kier alpha value is -1.66. The van der Waals surface area contributed by atoms with Gasteiger partial charge in [0.2, 0.25) is 0 Å². The summed E-state index contributed by atoms with van der Waals surface area (Å²) in [6.45, 7) is 15.2. The van der Waals surface area contributed by atoms with E-state index in [1.165, 1.54) is 11.3 Å². The second-order valence-electron chi connectivity index (χ2n) is 7.33. The van der Waals surface area contributed by atoms with Crippen LogP contribution in [-0.2, 0) is 13.1 Å². The molecule has 0 spiro atoms. The number of hydrogen-bond acceptors (Lipinski definition) is 4. The van der Waals surface area contributed by atoms with E-state index in [0.29, 0.717) is 12.1 Å². The fourth-order valence-corrected chi connectivity index (χ4v) is 3.67. The maximum atomic E-state index is 4.59. The van der Waals surface area contributed by atoms with Crippen LogP contribution in [-0.4, -0.2) is 55.5 Å². The standard InChI is InChI=1S/C19H32N6/c1-5-22(6-2)10-8-19-15-23(14-18-7-9-20-25(18)19)12-17-11-21-24(13-17)16(3)4/h7,9,11,13,16,19H,5-6,8,10,12,14-15H2,1-4H3/t19-/m1/s1. The SMILES string of the molecule is CCN(CC)CC[C@@H]1CN(Cc2cnn(C(C)C)c2)Cc2ccnn21. The average Bonchev–Trinajstić information content (AvgIpc) is 3.25. The summed E-state index contributed by atoms with van der Waals surface area (Å²) >= 11 is 0. The van der Waals surface area contributed by atoms with Gasteiger partial charge in [0.05, 0.1) is 17.9 Å². The minimum atomic E-state index is 0.415. The molecule has 0 unspecified atom stereocenters. The Bertz CT molecular complexity index is 654. The summed E-state index contributed by atoms with van der Waals surface area (Å²) in [6.07, 6.45) is 7.29. The van der Waals surface area contributed by atoms with Crippen molar-refractivity contribution in [1.82, 2.24) is 29.4 Å². The van der Waals surface area contributed by atoms with Gasteiger partial charge in [-0.15, -0.1) is 0 Å². The molecule has 1 atom stereocenters. The van der Waals surface area contributed by atoms with E-state index in [2.05, 4.69) is 64.6 Å². The molecule has 1 aliphatic heterocycles. The summed E-state index contributed by atoms with van der Waals surface area (Å²) in [5.41, 5.74) is 2.62. The lowest BCUT2D eigenvalue weighted by Crippen LogP contribution is -2.39. The zero-order chi connectivity index (χ0) is 17.8. The molecule has 0 amide bonds. The summed E-state index contributed by atoms with van der Waals surface area (Å²) in [5, 5.41) is 9.07. The van der Waals surface area contributed by atoms with Gasteiger partial charge in [0, 0.05) is 50.2 Å². The van der Waals surface area contributed by atoms with Crippen molar-refractivity contribution in [2.24, 2.45) is 0 Å². The average molecular weight is 345 g/mol. The monoisotopic (exact) mass is 344 g/mol. The van der Waals surface area contributed by atoms with Crippen LogP contribution in [0.2, 0.25) is 0 Å². The molecule has 0 fully saturated rings. The van der Waals surface area contributed by atoms with Crippen molar-refractivity contribution in [3.05, 3.63) is 35.9 Å². The fraction of sp³-hybridized carbons (Fsp3) is 0.684. The minimum Gasteiger partial charge on any atom is -0.304 e. The molecule has 0 bridgehead atoms. The van der Waals surface area contributed by atoms with Crippen LogP contribution in [0, 0.1) is 0 Å². The molecule has 0 N–H and O–H groups in total. The number of rotatable bonds is 8. The highest BCUT2D eigenvalue weighted by atomic mass is 15.4. The zero-order valence-electron chi connectivity index (χ0n) is 16.1. The number of nitrogens with zero attached hydrogens (tertiary/aromatic N) is 6. The van der Waals surface area contributed by atoms with Crippen LogP contribution in [0.1, 0.15) is 57.5 Å². The van der Waals surface area contributed by atoms with E-state index in [0.717, 1.165) is 45.7 Å². The summed E-state index contributed by atoms with van der Waals surface area (Å²) in [5.74, 6) is 0. The Morgan fingerprint density at radius 1 is 1.24 bits per heavy atom. The topological polar surface area (TPSA) is 42.1 Å². The minimum absolute atomic E-state index is 0.415. The summed E-state index contributed by atoms with van der Waals surface area (Å²) in [7, 11) is 0. The third-order valence-corrected chi connectivity index (χ3v) is 5.22. The molecule has 3 rings (SSSR count). The molecule has 25 heavy (non-hydrogen) atoms. The Balaban J connectivity index is 1.66. The first-order valence-corrected chi connectivity index (χ1v) is 9.60. The zero-order valence-corrected chi connectivity index (χ0v) is 16.1. The van der Waals surface area contributed by atoms with Crippen LogP contribution in [0.25, 0.3) is 0 Å². The van der Waals surface area contributed by atoms with Crippen LogP contribution in [0.5, 0.6) is 0 Å². The van der Waals surface area contributed by atoms with Crippen molar-refractivity contribution in [3.63, 3.8) is 0 Å². The molecule has 2 aromatic heterocycles. The van der Waals surface area contributed by atoms with Gasteiger partial charge in [0.1, 0.15) is 0 Å². The van der Waals surface area contributed by atoms with Gasteiger partial charge in [-0.05, 0) is 39.4 Å². The van der Waals surface area contributed by atoms with Crippen molar-refractivity contribution >= 4 is 0 Å². The van der Waals surface area contributed by atoms with Crippen LogP contribution in [0.4, 0.5) is 0 Å². The smallest absolute Gasteiger partial charge is 0.0662 e. The van der Waals surface area contributed by atoms with E-state index in [4.69, 9.17) is 0 Å². The highest BCUT2D eigenvalue weighted by Gasteiger charge is 2.26. The maximum Gasteiger partial charge on any atom is 0.0662 e. The van der Waals surface area contributed by atoms with Gasteiger partial charge >= 0.3 is 0 Å². The Labute approximate surface area is 151 Å². The number of fused-ring (bicyclic) bond motifs is 1. The lowest BCUT2D eigenvalue weighted by Gasteiger charge is -2.34. The molecule has 0 aliphatic carbocycles. The molecule has 0 aromatic carbocycles. The number of aromatic nitrogens is 4. The Kier molecular flexibility index (Phi) is 5.91. The second kappa shape index (κ2) is 8.15. The van der Waals surface area contributed by atoms with Gasteiger partial charge in [0.15, 0.2) is 0 Å². The lowest BCUT2D eigenvalue weighted by molar-refractivity contribution is 0.150. The van der Waals surface area contributed by atoms with E-state index in [1.54, 1.807) is 0 Å². The Morgan fingerprint density at radius 2 is 2.04 bits per heavy atom. The van der Waals surface area contributed by atoms with Crippen LogP contribution in [0.15, 0.2) is 24.7 Å². The molecular weight excluding hydrogens is 312 g/mol. The molecular formula is C19H32N6. The first kappa shape index (κ1) is 18.1. The molecule has 1 aliphatic rings. The predicted octanol–water partition coefficient (Wildman–Crippen LogP) is 2.95. The third-order valence-electron chi connectivity index (χ3n) is 5.22. The third kappa shape index (κ3) is 4.30.